The van der Waals surface area contributed by atoms with Gasteiger partial charge in [0, 0.05) is 17.5 Å². The standard InChI is InChI=1S/C40H38F4O2/c1-26-10-13-31(24-36(26)41)34-20-12-28(22-38(34)43)8-6-4-3-5-7-9-40(45)46-33-18-15-29(16-19-33)30-17-21-35(39(44)23-30)32-14-11-27(2)37(42)25-32/h10,12-13,15-25H,3-9,11,14H2,1-2H3. The van der Waals surface area contributed by atoms with E-state index in [0.717, 1.165) is 43.2 Å². The van der Waals surface area contributed by atoms with E-state index in [2.05, 4.69) is 0 Å². The highest BCUT2D eigenvalue weighted by Crippen LogP contribution is 2.34. The highest BCUT2D eigenvalue weighted by molar-refractivity contribution is 5.75. The maximum atomic E-state index is 14.9. The highest BCUT2D eigenvalue weighted by atomic mass is 19.1. The zero-order valence-electron chi connectivity index (χ0n) is 26.3. The minimum atomic E-state index is -0.396. The van der Waals surface area contributed by atoms with Crippen molar-refractivity contribution < 1.29 is 27.1 Å². The molecule has 0 fully saturated rings. The summed E-state index contributed by atoms with van der Waals surface area (Å²) in [7, 11) is 0. The van der Waals surface area contributed by atoms with Crippen molar-refractivity contribution in [2.75, 3.05) is 0 Å². The van der Waals surface area contributed by atoms with Gasteiger partial charge in [0.15, 0.2) is 0 Å². The fraction of sp³-hybridized carbons (Fsp3) is 0.275. The van der Waals surface area contributed by atoms with Crippen LogP contribution in [0.5, 0.6) is 5.75 Å². The van der Waals surface area contributed by atoms with Crippen molar-refractivity contribution >= 4 is 11.5 Å². The Morgan fingerprint density at radius 2 is 1.30 bits per heavy atom. The van der Waals surface area contributed by atoms with Crippen LogP contribution in [0.15, 0.2) is 96.3 Å². The summed E-state index contributed by atoms with van der Waals surface area (Å²) < 4.78 is 63.0. The van der Waals surface area contributed by atoms with Crippen molar-refractivity contribution in [2.24, 2.45) is 0 Å². The van der Waals surface area contributed by atoms with E-state index >= 15 is 0 Å². The molecule has 1 aliphatic rings. The third kappa shape index (κ3) is 8.42. The van der Waals surface area contributed by atoms with E-state index in [1.807, 2.05) is 12.1 Å². The fourth-order valence-electron chi connectivity index (χ4n) is 5.69. The van der Waals surface area contributed by atoms with Crippen LogP contribution in [-0.2, 0) is 11.2 Å². The predicted octanol–water partition coefficient (Wildman–Crippen LogP) is 11.7. The second-order valence-corrected chi connectivity index (χ2v) is 12.0. The number of hydrogen-bond acceptors (Lipinski definition) is 2. The van der Waals surface area contributed by atoms with Crippen LogP contribution in [0.2, 0.25) is 0 Å². The molecular weight excluding hydrogens is 588 g/mol. The van der Waals surface area contributed by atoms with Gasteiger partial charge in [-0.3, -0.25) is 4.79 Å². The first kappa shape index (κ1) is 32.9. The van der Waals surface area contributed by atoms with Gasteiger partial charge in [0.25, 0.3) is 0 Å². The molecule has 2 nitrogen and oxygen atoms in total. The van der Waals surface area contributed by atoms with Gasteiger partial charge < -0.3 is 4.74 Å². The number of halogens is 4. The van der Waals surface area contributed by atoms with Crippen molar-refractivity contribution in [1.29, 1.82) is 0 Å². The van der Waals surface area contributed by atoms with Gasteiger partial charge in [-0.2, -0.15) is 0 Å². The lowest BCUT2D eigenvalue weighted by Crippen LogP contribution is -2.07. The van der Waals surface area contributed by atoms with E-state index in [-0.39, 0.29) is 23.4 Å². The summed E-state index contributed by atoms with van der Waals surface area (Å²) in [5.74, 6) is -1.25. The molecule has 0 atom stereocenters. The molecule has 0 amide bonds. The Morgan fingerprint density at radius 1 is 0.652 bits per heavy atom. The molecule has 6 heteroatoms. The molecular formula is C40H38F4O2. The van der Waals surface area contributed by atoms with Crippen molar-refractivity contribution in [3.8, 4) is 28.0 Å². The number of unbranched alkanes of at least 4 members (excludes halogenated alkanes) is 4. The molecule has 4 aromatic rings. The van der Waals surface area contributed by atoms with Crippen LogP contribution in [0.1, 0.15) is 75.0 Å². The van der Waals surface area contributed by atoms with E-state index < -0.39 is 5.82 Å². The van der Waals surface area contributed by atoms with E-state index in [1.165, 1.54) is 24.3 Å². The molecule has 0 saturated heterocycles. The number of ether oxygens (including phenoxy) is 1. The fourth-order valence-corrected chi connectivity index (χ4v) is 5.69. The number of carbonyl (C=O) groups excluding carboxylic acids is 1. The average Bonchev–Trinajstić information content (AvgIpc) is 3.04. The SMILES string of the molecule is CC1=C(F)C=C(c2ccc(-c3ccc(OC(=O)CCCCCCCc4ccc(-c5ccc(C)c(F)c5)c(F)c4)cc3)cc2F)CC1. The lowest BCUT2D eigenvalue weighted by molar-refractivity contribution is -0.134. The molecule has 5 rings (SSSR count). The molecule has 0 aliphatic heterocycles. The Morgan fingerprint density at radius 3 is 2.02 bits per heavy atom. The molecule has 0 radical (unpaired) electrons. The zero-order chi connectivity index (χ0) is 32.6. The Kier molecular flexibility index (Phi) is 10.9. The van der Waals surface area contributed by atoms with Gasteiger partial charge in [0.1, 0.15) is 29.0 Å². The minimum absolute atomic E-state index is 0.289. The highest BCUT2D eigenvalue weighted by Gasteiger charge is 2.16. The van der Waals surface area contributed by atoms with Gasteiger partial charge in [-0.1, -0.05) is 67.8 Å². The Balaban J connectivity index is 1.01. The minimum Gasteiger partial charge on any atom is -0.427 e. The van der Waals surface area contributed by atoms with Crippen molar-refractivity contribution in [1.82, 2.24) is 0 Å². The lowest BCUT2D eigenvalue weighted by Gasteiger charge is -2.15. The van der Waals surface area contributed by atoms with Crippen LogP contribution in [0.25, 0.3) is 27.8 Å². The number of aryl methyl sites for hydroxylation is 2. The van der Waals surface area contributed by atoms with E-state index in [1.54, 1.807) is 62.4 Å². The van der Waals surface area contributed by atoms with Crippen molar-refractivity contribution in [3.05, 3.63) is 130 Å². The average molecular weight is 627 g/mol. The number of esters is 1. The van der Waals surface area contributed by atoms with E-state index in [4.69, 9.17) is 4.74 Å². The van der Waals surface area contributed by atoms with Gasteiger partial charge >= 0.3 is 5.97 Å². The Bertz CT molecular complexity index is 1770. The van der Waals surface area contributed by atoms with Crippen LogP contribution >= 0.6 is 0 Å². The van der Waals surface area contributed by atoms with Gasteiger partial charge in [-0.25, -0.2) is 17.6 Å². The molecule has 0 N–H and O–H groups in total. The maximum absolute atomic E-state index is 14.9. The first-order chi connectivity index (χ1) is 22.2. The van der Waals surface area contributed by atoms with Crippen molar-refractivity contribution in [2.45, 2.75) is 71.6 Å². The second-order valence-electron chi connectivity index (χ2n) is 12.0. The summed E-state index contributed by atoms with van der Waals surface area (Å²) >= 11 is 0. The molecule has 0 aromatic heterocycles. The Hall–Kier alpha value is -4.45. The van der Waals surface area contributed by atoms with Crippen LogP contribution in [0, 0.1) is 24.4 Å². The molecule has 46 heavy (non-hydrogen) atoms. The molecule has 0 unspecified atom stereocenters. The van der Waals surface area contributed by atoms with Gasteiger partial charge in [-0.05, 0) is 121 Å². The molecule has 238 valence electrons. The van der Waals surface area contributed by atoms with Gasteiger partial charge in [0.05, 0.1) is 0 Å². The first-order valence-corrected chi connectivity index (χ1v) is 15.9. The molecule has 0 bridgehead atoms. The summed E-state index contributed by atoms with van der Waals surface area (Å²) in [6.07, 6.45) is 8.12. The third-order valence-electron chi connectivity index (χ3n) is 8.58. The number of rotatable bonds is 12. The molecule has 1 aliphatic carbocycles. The normalized spacial score (nSPS) is 13.1. The number of allylic oxidation sites excluding steroid dienone is 4. The van der Waals surface area contributed by atoms with Gasteiger partial charge in [-0.15, -0.1) is 0 Å². The monoisotopic (exact) mass is 626 g/mol. The molecule has 0 saturated carbocycles. The maximum Gasteiger partial charge on any atom is 0.311 e. The molecule has 0 heterocycles. The van der Waals surface area contributed by atoms with Crippen LogP contribution in [0.4, 0.5) is 17.6 Å². The van der Waals surface area contributed by atoms with Crippen LogP contribution in [0.3, 0.4) is 0 Å². The molecule has 4 aromatic carbocycles. The van der Waals surface area contributed by atoms with E-state index in [9.17, 15) is 22.4 Å². The number of carbonyl (C=O) groups is 1. The quantitative estimate of drug-likeness (QED) is 0.0677. The zero-order valence-corrected chi connectivity index (χ0v) is 26.3. The Labute approximate surface area is 268 Å². The van der Waals surface area contributed by atoms with Crippen molar-refractivity contribution in [3.63, 3.8) is 0 Å². The summed E-state index contributed by atoms with van der Waals surface area (Å²) in [5, 5.41) is 0. The summed E-state index contributed by atoms with van der Waals surface area (Å²) in [4.78, 5) is 12.4. The number of benzene rings is 4. The summed E-state index contributed by atoms with van der Waals surface area (Å²) in [5.41, 5.74) is 5.59. The largest absolute Gasteiger partial charge is 0.427 e. The summed E-state index contributed by atoms with van der Waals surface area (Å²) in [6.45, 7) is 3.43. The first-order valence-electron chi connectivity index (χ1n) is 15.9. The predicted molar refractivity (Wildman–Crippen MR) is 176 cm³/mol. The second kappa shape index (κ2) is 15.2. The van der Waals surface area contributed by atoms with E-state index in [0.29, 0.717) is 70.4 Å². The third-order valence-corrected chi connectivity index (χ3v) is 8.58. The van der Waals surface area contributed by atoms with Crippen LogP contribution in [-0.4, -0.2) is 5.97 Å². The topological polar surface area (TPSA) is 26.3 Å². The van der Waals surface area contributed by atoms with Gasteiger partial charge in [0.2, 0.25) is 0 Å². The smallest absolute Gasteiger partial charge is 0.311 e. The number of hydrogen-bond donors (Lipinski definition) is 0. The lowest BCUT2D eigenvalue weighted by atomic mass is 9.92. The van der Waals surface area contributed by atoms with Crippen LogP contribution < -0.4 is 4.74 Å². The summed E-state index contributed by atoms with van der Waals surface area (Å²) in [6, 6.07) is 21.8. The molecule has 0 spiro atoms.